The first-order valence-corrected chi connectivity index (χ1v) is 6.54. The Labute approximate surface area is 109 Å². The summed E-state index contributed by atoms with van der Waals surface area (Å²) in [4.78, 5) is 12.7. The highest BCUT2D eigenvalue weighted by Gasteiger charge is 2.05. The molecule has 4 heteroatoms. The molecule has 0 N–H and O–H groups in total. The molecule has 18 heavy (non-hydrogen) atoms. The minimum atomic E-state index is 0.872. The molecule has 0 unspecified atom stereocenters. The molecule has 0 saturated heterocycles. The van der Waals surface area contributed by atoms with E-state index in [9.17, 15) is 0 Å². The van der Waals surface area contributed by atoms with E-state index >= 15 is 0 Å². The van der Waals surface area contributed by atoms with E-state index < -0.39 is 0 Å². The van der Waals surface area contributed by atoms with Gasteiger partial charge in [-0.15, -0.1) is 11.3 Å². The zero-order chi connectivity index (χ0) is 12.2. The van der Waals surface area contributed by atoms with Gasteiger partial charge in [0.05, 0.1) is 16.4 Å². The second-order valence-electron chi connectivity index (χ2n) is 3.88. The first-order valence-electron chi connectivity index (χ1n) is 5.66. The molecule has 88 valence electrons. The van der Waals surface area contributed by atoms with Gasteiger partial charge in [0.2, 0.25) is 0 Å². The van der Waals surface area contributed by atoms with E-state index in [1.165, 1.54) is 5.56 Å². The van der Waals surface area contributed by atoms with Gasteiger partial charge in [-0.25, -0.2) is 15.0 Å². The summed E-state index contributed by atoms with van der Waals surface area (Å²) < 4.78 is 0. The molecule has 2 heterocycles. The summed E-state index contributed by atoms with van der Waals surface area (Å²) in [6.45, 7) is 0. The molecule has 0 fully saturated rings. The van der Waals surface area contributed by atoms with Crippen LogP contribution in [0.1, 0.15) is 10.6 Å². The second kappa shape index (κ2) is 5.06. The smallest absolute Gasteiger partial charge is 0.116 e. The number of nitrogens with zero attached hydrogens (tertiary/aromatic N) is 3. The predicted octanol–water partition coefficient (Wildman–Crippen LogP) is 3.19. The van der Waals surface area contributed by atoms with Crippen molar-refractivity contribution in [2.24, 2.45) is 0 Å². The van der Waals surface area contributed by atoms with Crippen LogP contribution in [0.25, 0.3) is 11.4 Å². The molecule has 0 aliphatic carbocycles. The lowest BCUT2D eigenvalue weighted by Crippen LogP contribution is -1.88. The first kappa shape index (κ1) is 11.0. The van der Waals surface area contributed by atoms with E-state index in [0.717, 1.165) is 22.8 Å². The van der Waals surface area contributed by atoms with E-state index in [-0.39, 0.29) is 0 Å². The molecular formula is C14H11N3S. The lowest BCUT2D eigenvalue weighted by atomic mass is 10.2. The van der Waals surface area contributed by atoms with Crippen LogP contribution in [0.2, 0.25) is 0 Å². The van der Waals surface area contributed by atoms with Crippen molar-refractivity contribution in [3.05, 3.63) is 64.9 Å². The summed E-state index contributed by atoms with van der Waals surface area (Å²) in [6.07, 6.45) is 4.15. The van der Waals surface area contributed by atoms with Crippen molar-refractivity contribution in [1.29, 1.82) is 0 Å². The van der Waals surface area contributed by atoms with Gasteiger partial charge in [-0.2, -0.15) is 0 Å². The van der Waals surface area contributed by atoms with Crippen LogP contribution in [0.15, 0.2) is 54.3 Å². The average Bonchev–Trinajstić information content (AvgIpc) is 2.89. The zero-order valence-corrected chi connectivity index (χ0v) is 10.5. The largest absolute Gasteiger partial charge is 0.245 e. The summed E-state index contributed by atoms with van der Waals surface area (Å²) in [5, 5.41) is 3.15. The van der Waals surface area contributed by atoms with Gasteiger partial charge in [-0.05, 0) is 11.6 Å². The summed E-state index contributed by atoms with van der Waals surface area (Å²) in [7, 11) is 0. The molecule has 0 aliphatic heterocycles. The van der Waals surface area contributed by atoms with Gasteiger partial charge in [0, 0.05) is 18.0 Å². The van der Waals surface area contributed by atoms with Gasteiger partial charge in [0.15, 0.2) is 0 Å². The SMILES string of the molecule is c1ccc(Cc2nc(-c3ccncn3)cs2)cc1. The van der Waals surface area contributed by atoms with Crippen molar-refractivity contribution >= 4 is 11.3 Å². The van der Waals surface area contributed by atoms with Crippen LogP contribution in [0.5, 0.6) is 0 Å². The maximum Gasteiger partial charge on any atom is 0.116 e. The molecule has 0 aliphatic rings. The van der Waals surface area contributed by atoms with Crippen LogP contribution in [-0.4, -0.2) is 15.0 Å². The molecule has 0 saturated carbocycles. The Morgan fingerprint density at radius 3 is 2.67 bits per heavy atom. The maximum absolute atomic E-state index is 4.60. The van der Waals surface area contributed by atoms with Gasteiger partial charge in [-0.1, -0.05) is 30.3 Å². The fourth-order valence-corrected chi connectivity index (χ4v) is 2.54. The van der Waals surface area contributed by atoms with Crippen LogP contribution >= 0.6 is 11.3 Å². The van der Waals surface area contributed by atoms with Crippen LogP contribution in [-0.2, 0) is 6.42 Å². The van der Waals surface area contributed by atoms with Crippen molar-refractivity contribution in [2.45, 2.75) is 6.42 Å². The third kappa shape index (κ3) is 2.43. The number of rotatable bonds is 3. The van der Waals surface area contributed by atoms with Crippen LogP contribution in [0, 0.1) is 0 Å². The van der Waals surface area contributed by atoms with Crippen molar-refractivity contribution in [3.63, 3.8) is 0 Å². The highest BCUT2D eigenvalue weighted by Crippen LogP contribution is 2.21. The molecular weight excluding hydrogens is 242 g/mol. The number of benzene rings is 1. The number of hydrogen-bond acceptors (Lipinski definition) is 4. The van der Waals surface area contributed by atoms with E-state index in [1.54, 1.807) is 23.9 Å². The summed E-state index contributed by atoms with van der Waals surface area (Å²) >= 11 is 1.67. The summed E-state index contributed by atoms with van der Waals surface area (Å²) in [6, 6.07) is 12.2. The maximum atomic E-state index is 4.60. The Morgan fingerprint density at radius 2 is 1.89 bits per heavy atom. The number of thiazole rings is 1. The van der Waals surface area contributed by atoms with Crippen molar-refractivity contribution in [1.82, 2.24) is 15.0 Å². The molecule has 3 rings (SSSR count). The molecule has 0 bridgehead atoms. The molecule has 1 aromatic carbocycles. The third-order valence-electron chi connectivity index (χ3n) is 2.59. The molecule has 0 amide bonds. The van der Waals surface area contributed by atoms with Gasteiger partial charge in [-0.3, -0.25) is 0 Å². The molecule has 3 nitrogen and oxygen atoms in total. The third-order valence-corrected chi connectivity index (χ3v) is 3.44. The second-order valence-corrected chi connectivity index (χ2v) is 4.83. The molecule has 0 radical (unpaired) electrons. The predicted molar refractivity (Wildman–Crippen MR) is 72.4 cm³/mol. The van der Waals surface area contributed by atoms with Gasteiger partial charge < -0.3 is 0 Å². The molecule has 2 aromatic heterocycles. The molecule has 0 atom stereocenters. The average molecular weight is 253 g/mol. The van der Waals surface area contributed by atoms with E-state index in [4.69, 9.17) is 0 Å². The van der Waals surface area contributed by atoms with Gasteiger partial charge >= 0.3 is 0 Å². The minimum Gasteiger partial charge on any atom is -0.245 e. The molecule has 0 spiro atoms. The number of aromatic nitrogens is 3. The lowest BCUT2D eigenvalue weighted by Gasteiger charge is -1.96. The van der Waals surface area contributed by atoms with Crippen LogP contribution in [0.3, 0.4) is 0 Å². The Morgan fingerprint density at radius 1 is 1.00 bits per heavy atom. The highest BCUT2D eigenvalue weighted by molar-refractivity contribution is 7.10. The lowest BCUT2D eigenvalue weighted by molar-refractivity contribution is 1.12. The van der Waals surface area contributed by atoms with Crippen molar-refractivity contribution in [3.8, 4) is 11.4 Å². The van der Waals surface area contributed by atoms with Crippen molar-refractivity contribution < 1.29 is 0 Å². The Kier molecular flexibility index (Phi) is 3.10. The summed E-state index contributed by atoms with van der Waals surface area (Å²) in [5.41, 5.74) is 3.08. The monoisotopic (exact) mass is 253 g/mol. The van der Waals surface area contributed by atoms with Gasteiger partial charge in [0.25, 0.3) is 0 Å². The standard InChI is InChI=1S/C14H11N3S/c1-2-4-11(5-3-1)8-14-17-13(9-18-14)12-6-7-15-10-16-12/h1-7,9-10H,8H2. The normalized spacial score (nSPS) is 10.4. The topological polar surface area (TPSA) is 38.7 Å². The summed E-state index contributed by atoms with van der Waals surface area (Å²) in [5.74, 6) is 0. The van der Waals surface area contributed by atoms with Crippen molar-refractivity contribution in [2.75, 3.05) is 0 Å². The van der Waals surface area contributed by atoms with E-state index in [1.807, 2.05) is 29.6 Å². The fourth-order valence-electron chi connectivity index (χ4n) is 1.72. The number of hydrogen-bond donors (Lipinski definition) is 0. The Hall–Kier alpha value is -2.07. The zero-order valence-electron chi connectivity index (χ0n) is 9.65. The quantitative estimate of drug-likeness (QED) is 0.719. The Balaban J connectivity index is 1.82. The molecule has 3 aromatic rings. The van der Waals surface area contributed by atoms with Crippen LogP contribution < -0.4 is 0 Å². The van der Waals surface area contributed by atoms with E-state index in [0.29, 0.717) is 0 Å². The highest BCUT2D eigenvalue weighted by atomic mass is 32.1. The Bertz CT molecular complexity index is 620. The van der Waals surface area contributed by atoms with Crippen LogP contribution in [0.4, 0.5) is 0 Å². The van der Waals surface area contributed by atoms with Gasteiger partial charge in [0.1, 0.15) is 6.33 Å². The minimum absolute atomic E-state index is 0.872. The fraction of sp³-hybridized carbons (Fsp3) is 0.0714. The first-order chi connectivity index (χ1) is 8.92. The van der Waals surface area contributed by atoms with E-state index in [2.05, 4.69) is 27.1 Å².